The second-order valence-corrected chi connectivity index (χ2v) is 24.9. The highest BCUT2D eigenvalue weighted by molar-refractivity contribution is 6.32. The Balaban J connectivity index is 1.26. The van der Waals surface area contributed by atoms with Crippen LogP contribution in [0.25, 0.3) is 16.7 Å². The first-order chi connectivity index (χ1) is 50.7. The summed E-state index contributed by atoms with van der Waals surface area (Å²) in [6, 6.07) is 20.1. The molecule has 0 radical (unpaired) electrons. The number of benzene rings is 4. The van der Waals surface area contributed by atoms with Gasteiger partial charge in [-0.15, -0.1) is 0 Å². The van der Waals surface area contributed by atoms with Crippen molar-refractivity contribution >= 4 is 92.7 Å². The average molecular weight is 1430 g/mol. The molecule has 0 bridgehead atoms. The zero-order chi connectivity index (χ0) is 75.9. The minimum Gasteiger partial charge on any atom is -0.496 e. The number of amides is 4. The fraction of sp³-hybridized carbons (Fsp3) is 0.296. The van der Waals surface area contributed by atoms with Crippen molar-refractivity contribution in [2.24, 2.45) is 58.1 Å². The highest BCUT2D eigenvalue weighted by Crippen LogP contribution is 2.50. The molecule has 4 saturated carbocycles. The van der Waals surface area contributed by atoms with E-state index >= 15 is 0 Å². The van der Waals surface area contributed by atoms with E-state index in [0.29, 0.717) is 53.4 Å². The van der Waals surface area contributed by atoms with E-state index in [0.717, 1.165) is 5.56 Å². The molecule has 4 aliphatic carbocycles. The Kier molecular flexibility index (Phi) is 27.7. The predicted molar refractivity (Wildman–Crippen MR) is 403 cm³/mol. The van der Waals surface area contributed by atoms with E-state index in [-0.39, 0.29) is 126 Å². The summed E-state index contributed by atoms with van der Waals surface area (Å²) in [6.07, 6.45) is 24.3. The lowest BCUT2D eigenvalue weighted by molar-refractivity contribution is -0.152. The highest BCUT2D eigenvalue weighted by atomic mass is 16.5. The smallest absolute Gasteiger partial charge is 0.321 e. The number of ether oxygens (including phenoxy) is 8. The Labute approximate surface area is 610 Å². The first-order valence-electron chi connectivity index (χ1n) is 34.2. The van der Waals surface area contributed by atoms with Crippen LogP contribution in [0.5, 0.6) is 23.0 Å². The Hall–Kier alpha value is -12.2. The fourth-order valence-electron chi connectivity index (χ4n) is 11.8. The van der Waals surface area contributed by atoms with Gasteiger partial charge in [-0.05, 0) is 130 Å². The van der Waals surface area contributed by atoms with Gasteiger partial charge >= 0.3 is 23.9 Å². The van der Waals surface area contributed by atoms with Crippen molar-refractivity contribution in [1.29, 1.82) is 5.41 Å². The molecule has 550 valence electrons. The molecule has 11 N–H and O–H groups in total. The standard InChI is InChI=1S/C81H90N8O16/c1-10-15-27-56(82)69(72-62(88-75(92)52-47-55(52)78(95)104-43-13-4)33-21-34-63(72)89-79(96)81(39-40-81)80(97)105-44-14-5)58(84)29-18-24-48(68-66(100-8)37-23-38-67(68)101-9)25-19-30-59(85)70(57(83)28-17-16-26-49-64(98-6)35-22-36-65(49)99-7)71-60(86-73(90)50-45-53(50)76(93)102-41-11-2)31-20-32-61(71)87-74(91)51-46-54(51)77(94)103-42-12-3/h11-15,17-25,27-38,50-55,84H,2-5,10,16,26,39-47,82-83,85H2,1,6-9H3,(H,86,90)(H,87,91)(H,88,92)(H,89,96)/b25-19+,27-15-,28-17-,29-18-,48-24-,59-30-,69-56+,70-57+,84-58?/t50-,51-,52-,53-,54-,55-/m1/s1. The lowest BCUT2D eigenvalue weighted by Crippen LogP contribution is -2.33. The van der Waals surface area contributed by atoms with Gasteiger partial charge in [0.2, 0.25) is 23.6 Å². The third-order valence-electron chi connectivity index (χ3n) is 17.7. The molecule has 4 aromatic carbocycles. The van der Waals surface area contributed by atoms with Crippen LogP contribution in [-0.2, 0) is 63.7 Å². The Morgan fingerprint density at radius 2 is 0.895 bits per heavy atom. The van der Waals surface area contributed by atoms with E-state index in [1.54, 1.807) is 117 Å². The van der Waals surface area contributed by atoms with E-state index in [2.05, 4.69) is 47.6 Å². The molecule has 0 saturated heterocycles. The molecule has 0 unspecified atom stereocenters. The lowest BCUT2D eigenvalue weighted by Gasteiger charge is -2.21. The maximum absolute atomic E-state index is 14.4. The topological polar surface area (TPSA) is 360 Å². The molecule has 24 nitrogen and oxygen atoms in total. The molecule has 0 aromatic heterocycles. The fourth-order valence-corrected chi connectivity index (χ4v) is 11.8. The molecule has 0 aliphatic heterocycles. The Bertz CT molecular complexity index is 4200. The predicted octanol–water partition coefficient (Wildman–Crippen LogP) is 11.3. The minimum absolute atomic E-state index is 0.000366. The Morgan fingerprint density at radius 1 is 0.495 bits per heavy atom. The quantitative estimate of drug-likeness (QED) is 0.00514. The first kappa shape index (κ1) is 78.5. The summed E-state index contributed by atoms with van der Waals surface area (Å²) < 4.78 is 44.4. The summed E-state index contributed by atoms with van der Waals surface area (Å²) in [7, 11) is 6.09. The van der Waals surface area contributed by atoms with E-state index in [9.17, 15) is 43.8 Å². The maximum atomic E-state index is 14.4. The normalized spacial score (nSPS) is 18.8. The van der Waals surface area contributed by atoms with Gasteiger partial charge in [0, 0.05) is 44.9 Å². The maximum Gasteiger partial charge on any atom is 0.321 e. The van der Waals surface area contributed by atoms with E-state index in [1.807, 2.05) is 31.2 Å². The van der Waals surface area contributed by atoms with Crippen LogP contribution in [0.3, 0.4) is 0 Å². The third-order valence-corrected chi connectivity index (χ3v) is 17.7. The number of nitrogens with one attached hydrogen (secondary N) is 5. The van der Waals surface area contributed by atoms with Crippen LogP contribution in [0, 0.1) is 46.3 Å². The number of esters is 4. The number of allylic oxidation sites excluding steroid dienone is 13. The van der Waals surface area contributed by atoms with Crippen molar-refractivity contribution in [3.8, 4) is 23.0 Å². The molecule has 6 atom stereocenters. The second kappa shape index (κ2) is 37.1. The van der Waals surface area contributed by atoms with Crippen molar-refractivity contribution in [2.75, 3.05) is 76.1 Å². The molecule has 4 aromatic rings. The molecule has 0 spiro atoms. The van der Waals surface area contributed by atoms with Gasteiger partial charge in [-0.1, -0.05) is 118 Å². The molecular weight excluding hydrogens is 1340 g/mol. The van der Waals surface area contributed by atoms with E-state index < -0.39 is 88.4 Å². The summed E-state index contributed by atoms with van der Waals surface area (Å²) in [5.74, 6) is -7.31. The van der Waals surface area contributed by atoms with Crippen molar-refractivity contribution in [2.45, 2.75) is 58.3 Å². The van der Waals surface area contributed by atoms with Gasteiger partial charge in [0.15, 0.2) is 0 Å². The van der Waals surface area contributed by atoms with Gasteiger partial charge in [0.1, 0.15) is 54.8 Å². The highest BCUT2D eigenvalue weighted by Gasteiger charge is 2.58. The van der Waals surface area contributed by atoms with Gasteiger partial charge < -0.3 is 81.8 Å². The second-order valence-electron chi connectivity index (χ2n) is 24.9. The van der Waals surface area contributed by atoms with Crippen molar-refractivity contribution < 1.29 is 76.3 Å². The molecule has 4 fully saturated rings. The number of carbonyl (C=O) groups excluding carboxylic acids is 8. The van der Waals surface area contributed by atoms with Gasteiger partial charge in [-0.3, -0.25) is 38.4 Å². The summed E-state index contributed by atoms with van der Waals surface area (Å²) in [5.41, 5.74) is 22.5. The summed E-state index contributed by atoms with van der Waals surface area (Å²) in [4.78, 5) is 109. The third kappa shape index (κ3) is 19.7. The SMILES string of the molecule is C=CCOC(=O)[C@@H]1C[C@H]1C(=O)Nc1cccc(NC(=O)C2(C(=O)OCC=C)CC2)c1/C(C(=N)\C=C/C=C(/C=C/C=C(N)/C(=C(N)/C=C\CCc1c(OC)cccc1OC)c1c(NC(=O)[C@@H]2C[C@H]2C(=O)OCC=C)cccc1NC(=O)[C@@H]1C[C@H]1C(=O)OCC=C)c1c(OC)cccc1OC)=C(N)\C=C/CC. The molecule has 0 heterocycles. The zero-order valence-electron chi connectivity index (χ0n) is 59.6. The van der Waals surface area contributed by atoms with Crippen molar-refractivity contribution in [1.82, 2.24) is 0 Å². The van der Waals surface area contributed by atoms with Crippen LogP contribution in [0.2, 0.25) is 0 Å². The number of rotatable bonds is 39. The van der Waals surface area contributed by atoms with Crippen LogP contribution in [0.15, 0.2) is 201 Å². The number of hydrogen-bond acceptors (Lipinski definition) is 20. The summed E-state index contributed by atoms with van der Waals surface area (Å²) in [6.45, 7) is 16.1. The lowest BCUT2D eigenvalue weighted by atomic mass is 9.93. The molecule has 8 rings (SSSR count). The van der Waals surface area contributed by atoms with E-state index in [1.165, 1.54) is 44.6 Å². The van der Waals surface area contributed by atoms with Gasteiger partial charge in [-0.2, -0.15) is 0 Å². The largest absolute Gasteiger partial charge is 0.496 e. The van der Waals surface area contributed by atoms with Crippen LogP contribution in [0.1, 0.15) is 74.1 Å². The van der Waals surface area contributed by atoms with Crippen molar-refractivity contribution in [3.05, 3.63) is 224 Å². The first-order valence-corrected chi connectivity index (χ1v) is 34.2. The summed E-state index contributed by atoms with van der Waals surface area (Å²) >= 11 is 0. The number of methoxy groups -OCH3 is 4. The molecule has 4 aliphatic rings. The van der Waals surface area contributed by atoms with Crippen LogP contribution < -0.4 is 57.4 Å². The van der Waals surface area contributed by atoms with Crippen LogP contribution in [-0.4, -0.2) is 108 Å². The molecule has 4 amide bonds. The van der Waals surface area contributed by atoms with Crippen LogP contribution in [0.4, 0.5) is 22.7 Å². The number of carbonyl (C=O) groups is 8. The van der Waals surface area contributed by atoms with Gasteiger partial charge in [0.25, 0.3) is 0 Å². The van der Waals surface area contributed by atoms with E-state index in [4.69, 9.17) is 55.1 Å². The molecule has 24 heteroatoms. The average Bonchev–Trinajstić information content (AvgIpc) is 1.67. The minimum atomic E-state index is -1.53. The van der Waals surface area contributed by atoms with Gasteiger partial charge in [0.05, 0.1) is 98.0 Å². The number of anilines is 4. The van der Waals surface area contributed by atoms with Crippen LogP contribution >= 0.6 is 0 Å². The van der Waals surface area contributed by atoms with Gasteiger partial charge in [-0.25, -0.2) is 0 Å². The Morgan fingerprint density at radius 3 is 1.33 bits per heavy atom. The summed E-state index contributed by atoms with van der Waals surface area (Å²) in [5, 5.41) is 21.7. The zero-order valence-corrected chi connectivity index (χ0v) is 59.6. The van der Waals surface area contributed by atoms with Crippen molar-refractivity contribution in [3.63, 3.8) is 0 Å². The monoisotopic (exact) mass is 1430 g/mol. The number of nitrogens with two attached hydrogens (primary N) is 3. The molecule has 105 heavy (non-hydrogen) atoms. The molecular formula is C81H90N8O16. The number of hydrogen-bond donors (Lipinski definition) is 8.